The fraction of sp³-hybridized carbons (Fsp3) is 0.348. The second-order valence-electron chi connectivity index (χ2n) is 16.0. The molecule has 2 aliphatic rings. The number of ether oxygens (including phenoxy) is 4. The molecule has 9 nitrogen and oxygen atoms in total. The monoisotopic (exact) mass is 769 g/mol. The second kappa shape index (κ2) is 14.3. The first-order chi connectivity index (χ1) is 27.0. The van der Waals surface area contributed by atoms with E-state index in [0.29, 0.717) is 46.2 Å². The lowest BCUT2D eigenvalue weighted by Crippen LogP contribution is -2.51. The van der Waals surface area contributed by atoms with Gasteiger partial charge in [-0.2, -0.15) is 0 Å². The summed E-state index contributed by atoms with van der Waals surface area (Å²) < 4.78 is 33.7. The van der Waals surface area contributed by atoms with Crippen LogP contribution in [0.4, 0.5) is 5.69 Å². The van der Waals surface area contributed by atoms with Gasteiger partial charge in [0.15, 0.2) is 31.5 Å². The fourth-order valence-electron chi connectivity index (χ4n) is 10.3. The minimum atomic E-state index is -2.24. The predicted molar refractivity (Wildman–Crippen MR) is 223 cm³/mol. The van der Waals surface area contributed by atoms with Crippen LogP contribution in [-0.4, -0.2) is 50.6 Å². The van der Waals surface area contributed by atoms with Gasteiger partial charge in [0.2, 0.25) is 0 Å². The van der Waals surface area contributed by atoms with Crippen LogP contribution < -0.4 is 14.4 Å². The molecule has 0 aliphatic carbocycles. The number of nitrogens with zero attached hydrogens (tertiary/aromatic N) is 3. The van der Waals surface area contributed by atoms with Crippen molar-refractivity contribution in [2.45, 2.75) is 83.3 Å². The molecule has 0 saturated heterocycles. The van der Waals surface area contributed by atoms with E-state index in [1.54, 1.807) is 7.11 Å². The summed E-state index contributed by atoms with van der Waals surface area (Å²) in [6.07, 6.45) is 3.39. The van der Waals surface area contributed by atoms with Crippen LogP contribution in [0.15, 0.2) is 102 Å². The van der Waals surface area contributed by atoms with Crippen molar-refractivity contribution < 1.29 is 28.2 Å². The molecule has 0 amide bonds. The van der Waals surface area contributed by atoms with Gasteiger partial charge < -0.3 is 32.5 Å². The highest BCUT2D eigenvalue weighted by Crippen LogP contribution is 2.60. The van der Waals surface area contributed by atoms with Gasteiger partial charge in [-0.15, -0.1) is 0 Å². The van der Waals surface area contributed by atoms with Crippen molar-refractivity contribution in [2.24, 2.45) is 0 Å². The summed E-state index contributed by atoms with van der Waals surface area (Å²) in [4.78, 5) is 21.2. The quantitative estimate of drug-likeness (QED) is 0.0898. The van der Waals surface area contributed by atoms with Crippen molar-refractivity contribution in [3.05, 3.63) is 120 Å². The zero-order valence-corrected chi connectivity index (χ0v) is 34.8. The Morgan fingerprint density at radius 1 is 0.857 bits per heavy atom. The number of anilines is 1. The largest absolute Gasteiger partial charge is 0.489 e. The van der Waals surface area contributed by atoms with Crippen LogP contribution in [0.1, 0.15) is 64.1 Å². The molecule has 0 unspecified atom stereocenters. The Balaban J connectivity index is 1.38. The lowest BCUT2D eigenvalue weighted by Gasteiger charge is -2.44. The van der Waals surface area contributed by atoms with Gasteiger partial charge in [-0.1, -0.05) is 102 Å². The summed E-state index contributed by atoms with van der Waals surface area (Å²) in [7, 11) is 0.865. The van der Waals surface area contributed by atoms with Gasteiger partial charge in [0.1, 0.15) is 24.8 Å². The summed E-state index contributed by atoms with van der Waals surface area (Å²) in [6.45, 7) is 16.7. The molecule has 0 spiro atoms. The fourth-order valence-corrected chi connectivity index (χ4v) is 16.9. The van der Waals surface area contributed by atoms with Crippen molar-refractivity contribution in [1.29, 1.82) is 0 Å². The van der Waals surface area contributed by atoms with E-state index < -0.39 is 25.8 Å². The molecule has 2 aliphatic heterocycles. The predicted octanol–water partition coefficient (Wildman–Crippen LogP) is 10.5. The third-order valence-corrected chi connectivity index (χ3v) is 19.0. The Labute approximate surface area is 330 Å². The summed E-state index contributed by atoms with van der Waals surface area (Å²) in [5.41, 5.74) is 7.56. The zero-order chi connectivity index (χ0) is 39.5. The smallest absolute Gasteiger partial charge is 0.326 e. The lowest BCUT2D eigenvalue weighted by molar-refractivity contribution is -0.147. The molecule has 10 heteroatoms. The first-order valence-electron chi connectivity index (χ1n) is 19.5. The molecular formula is C46H51N3O6Si. The number of carbonyl (C=O) groups is 1. The third-order valence-electron chi connectivity index (χ3n) is 12.2. The number of fused-ring (bicyclic) bond motifs is 6. The van der Waals surface area contributed by atoms with E-state index >= 15 is 0 Å². The average Bonchev–Trinajstić information content (AvgIpc) is 3.94. The van der Waals surface area contributed by atoms with Gasteiger partial charge in [-0.3, -0.25) is 4.79 Å². The van der Waals surface area contributed by atoms with Gasteiger partial charge in [-0.25, -0.2) is 4.98 Å². The number of esters is 1. The first-order valence-corrected chi connectivity index (χ1v) is 21.7. The highest BCUT2D eigenvalue weighted by Gasteiger charge is 2.65. The summed E-state index contributed by atoms with van der Waals surface area (Å²) in [5.74, 6) is 2.16. The molecule has 2 atom stereocenters. The van der Waals surface area contributed by atoms with Gasteiger partial charge in [-0.05, 0) is 52.0 Å². The molecule has 0 radical (unpaired) electrons. The number of methoxy groups -OCH3 is 2. The van der Waals surface area contributed by atoms with Crippen LogP contribution in [0.25, 0.3) is 33.4 Å². The third kappa shape index (κ3) is 5.44. The van der Waals surface area contributed by atoms with Gasteiger partial charge in [0, 0.05) is 53.4 Å². The number of hydrogen-bond donors (Lipinski definition) is 0. The van der Waals surface area contributed by atoms with E-state index in [1.165, 1.54) is 7.11 Å². The summed E-state index contributed by atoms with van der Waals surface area (Å²) in [5, 5.41) is 1.08. The van der Waals surface area contributed by atoms with Crippen LogP contribution in [0.5, 0.6) is 11.5 Å². The minimum absolute atomic E-state index is 0.175. The molecule has 0 bridgehead atoms. The van der Waals surface area contributed by atoms with Crippen LogP contribution in [0.2, 0.25) is 16.6 Å². The Morgan fingerprint density at radius 2 is 1.57 bits per heavy atom. The highest BCUT2D eigenvalue weighted by molar-refractivity contribution is 6.82. The van der Waals surface area contributed by atoms with Gasteiger partial charge >= 0.3 is 5.97 Å². The maximum atomic E-state index is 14.6. The standard InChI is InChI=1S/C46H51N3O6Si/c1-28(2)56(29(3)4,30(5)6)49-25-36(41-24-47-31(7)54-41)42-34(17-14-20-39(42)49)35-18-13-19-37-43(35)48(27-51-8)44-46(37,45(50)52-9)38-23-33(21-22-40(38)55-44)53-26-32-15-11-10-12-16-32/h10-25,28-30,44H,26-27H2,1-9H3/t44-,46-/m1/s1. The Kier molecular flexibility index (Phi) is 9.61. The molecule has 4 heterocycles. The van der Waals surface area contributed by atoms with E-state index in [-0.39, 0.29) is 6.73 Å². The summed E-state index contributed by atoms with van der Waals surface area (Å²) in [6, 6.07) is 28.5. The van der Waals surface area contributed by atoms with E-state index in [4.69, 9.17) is 23.4 Å². The van der Waals surface area contributed by atoms with Crippen molar-refractivity contribution in [1.82, 2.24) is 9.22 Å². The number of aryl methyl sites for hydroxylation is 1. The topological polar surface area (TPSA) is 88.2 Å². The van der Waals surface area contributed by atoms with Crippen LogP contribution >= 0.6 is 0 Å². The zero-order valence-electron chi connectivity index (χ0n) is 33.8. The Morgan fingerprint density at radius 3 is 2.23 bits per heavy atom. The summed E-state index contributed by atoms with van der Waals surface area (Å²) >= 11 is 0. The van der Waals surface area contributed by atoms with Crippen molar-refractivity contribution >= 4 is 30.8 Å². The van der Waals surface area contributed by atoms with Crippen LogP contribution in [0.3, 0.4) is 0 Å². The molecule has 0 N–H and O–H groups in total. The average molecular weight is 770 g/mol. The SMILES string of the molecule is COCN1c2c(-c3cccc4c3c(-c3cnc(C)o3)cn4[Si](C(C)C)(C(C)C)C(C)C)cccc2[C@@]2(C(=O)OC)c3cc(OCc4ccccc4)ccc3O[C@@H]12. The van der Waals surface area contributed by atoms with E-state index in [9.17, 15) is 4.79 Å². The Hall–Kier alpha value is -5.32. The second-order valence-corrected chi connectivity index (χ2v) is 21.7. The molecule has 56 heavy (non-hydrogen) atoms. The highest BCUT2D eigenvalue weighted by atomic mass is 28.3. The first kappa shape index (κ1) is 37.6. The number of hydrogen-bond acceptors (Lipinski definition) is 8. The lowest BCUT2D eigenvalue weighted by atomic mass is 9.75. The van der Waals surface area contributed by atoms with Crippen molar-refractivity contribution in [3.8, 4) is 33.9 Å². The van der Waals surface area contributed by atoms with Crippen molar-refractivity contribution in [3.63, 3.8) is 0 Å². The molecule has 6 aromatic rings. The molecule has 2 aromatic heterocycles. The number of aromatic nitrogens is 2. The number of oxazole rings is 1. The van der Waals surface area contributed by atoms with Crippen LogP contribution in [0, 0.1) is 6.92 Å². The normalized spacial score (nSPS) is 17.4. The molecule has 0 fully saturated rings. The van der Waals surface area contributed by atoms with E-state index in [2.05, 4.69) is 86.1 Å². The van der Waals surface area contributed by atoms with Crippen molar-refractivity contribution in [2.75, 3.05) is 25.9 Å². The Bertz CT molecular complexity index is 2390. The number of para-hydroxylation sites is 1. The number of benzene rings is 4. The van der Waals surface area contributed by atoms with Gasteiger partial charge in [0.05, 0.1) is 19.0 Å². The molecule has 4 aromatic carbocycles. The molecule has 0 saturated carbocycles. The maximum absolute atomic E-state index is 14.6. The minimum Gasteiger partial charge on any atom is -0.489 e. The number of rotatable bonds is 12. The molecule has 290 valence electrons. The molecule has 8 rings (SSSR count). The molecular weight excluding hydrogens is 719 g/mol. The number of carbonyl (C=O) groups excluding carboxylic acids is 1. The maximum Gasteiger partial charge on any atom is 0.326 e. The van der Waals surface area contributed by atoms with E-state index in [1.807, 2.05) is 73.8 Å². The van der Waals surface area contributed by atoms with Crippen LogP contribution in [-0.2, 0) is 26.3 Å². The van der Waals surface area contributed by atoms with E-state index in [0.717, 1.165) is 50.2 Å². The van der Waals surface area contributed by atoms with Gasteiger partial charge in [0.25, 0.3) is 0 Å².